The molecule has 0 aromatic rings. The van der Waals surface area contributed by atoms with E-state index in [1.54, 1.807) is 0 Å². The largest absolute Gasteiger partial charge is 0.462 e. The van der Waals surface area contributed by atoms with Crippen LogP contribution in [0.1, 0.15) is 252 Å². The minimum absolute atomic E-state index is 0.104. The monoisotopic (exact) mass is 879 g/mol. The number of esters is 3. The van der Waals surface area contributed by atoms with Gasteiger partial charge in [-0.2, -0.15) is 0 Å². The molecule has 1 atom stereocenters. The van der Waals surface area contributed by atoms with E-state index >= 15 is 0 Å². The second-order valence-corrected chi connectivity index (χ2v) is 17.4. The van der Waals surface area contributed by atoms with Crippen molar-refractivity contribution in [2.24, 2.45) is 0 Å². The molecule has 0 bridgehead atoms. The van der Waals surface area contributed by atoms with E-state index in [9.17, 15) is 14.4 Å². The number of unbranched alkanes of at least 4 members (excludes halogenated alkanes) is 24. The molecule has 0 amide bonds. The van der Waals surface area contributed by atoms with Crippen LogP contribution in [0.25, 0.3) is 0 Å². The van der Waals surface area contributed by atoms with Gasteiger partial charge >= 0.3 is 17.9 Å². The van der Waals surface area contributed by atoms with Crippen molar-refractivity contribution in [3.05, 3.63) is 72.9 Å². The van der Waals surface area contributed by atoms with Gasteiger partial charge in [0.05, 0.1) is 0 Å². The summed E-state index contributed by atoms with van der Waals surface area (Å²) < 4.78 is 16.7. The van der Waals surface area contributed by atoms with E-state index in [4.69, 9.17) is 14.2 Å². The van der Waals surface area contributed by atoms with E-state index in [1.165, 1.54) is 122 Å². The lowest BCUT2D eigenvalue weighted by Gasteiger charge is -2.18. The second-order valence-electron chi connectivity index (χ2n) is 17.4. The van der Waals surface area contributed by atoms with Crippen molar-refractivity contribution in [2.75, 3.05) is 13.2 Å². The first-order valence-electron chi connectivity index (χ1n) is 26.4. The molecule has 0 aromatic heterocycles. The Labute approximate surface area is 389 Å². The SMILES string of the molecule is CC/C=C\C/C=C\C/C=C\C/C=C\C/C=C\CCC(=O)OCC(COC(=O)CCCCC/C=C\CCCCCCCC)OC(=O)CCCCCCCCCCCCCCCCCC. The van der Waals surface area contributed by atoms with E-state index in [0.29, 0.717) is 19.3 Å². The molecule has 0 aliphatic carbocycles. The van der Waals surface area contributed by atoms with Gasteiger partial charge in [0.2, 0.25) is 0 Å². The lowest BCUT2D eigenvalue weighted by Crippen LogP contribution is -2.30. The quantitative estimate of drug-likeness (QED) is 0.0262. The van der Waals surface area contributed by atoms with Crippen molar-refractivity contribution >= 4 is 17.9 Å². The molecular formula is C57H98O6. The van der Waals surface area contributed by atoms with Gasteiger partial charge < -0.3 is 14.2 Å². The first kappa shape index (κ1) is 59.9. The maximum absolute atomic E-state index is 12.8. The van der Waals surface area contributed by atoms with E-state index in [2.05, 4.69) is 87.6 Å². The summed E-state index contributed by atoms with van der Waals surface area (Å²) in [4.78, 5) is 38.0. The molecule has 0 spiro atoms. The summed E-state index contributed by atoms with van der Waals surface area (Å²) in [5.41, 5.74) is 0. The van der Waals surface area contributed by atoms with Crippen molar-refractivity contribution in [2.45, 2.75) is 258 Å². The predicted octanol–water partition coefficient (Wildman–Crippen LogP) is 17.4. The fourth-order valence-electron chi connectivity index (χ4n) is 7.25. The molecule has 63 heavy (non-hydrogen) atoms. The molecule has 0 radical (unpaired) electrons. The molecule has 0 heterocycles. The van der Waals surface area contributed by atoms with Crippen molar-refractivity contribution in [1.82, 2.24) is 0 Å². The van der Waals surface area contributed by atoms with E-state index in [-0.39, 0.29) is 37.5 Å². The first-order valence-corrected chi connectivity index (χ1v) is 26.4. The third-order valence-corrected chi connectivity index (χ3v) is 11.2. The molecule has 0 N–H and O–H groups in total. The van der Waals surface area contributed by atoms with Crippen molar-refractivity contribution in [3.8, 4) is 0 Å². The number of carbonyl (C=O) groups excluding carboxylic acids is 3. The van der Waals surface area contributed by atoms with Gasteiger partial charge in [-0.15, -0.1) is 0 Å². The highest BCUT2D eigenvalue weighted by atomic mass is 16.6. The summed E-state index contributed by atoms with van der Waals surface area (Å²) in [6, 6.07) is 0. The zero-order chi connectivity index (χ0) is 45.8. The molecule has 0 aliphatic rings. The van der Waals surface area contributed by atoms with Crippen LogP contribution >= 0.6 is 0 Å². The number of hydrogen-bond donors (Lipinski definition) is 0. The molecule has 0 saturated heterocycles. The Morgan fingerprint density at radius 3 is 1.08 bits per heavy atom. The minimum Gasteiger partial charge on any atom is -0.462 e. The molecule has 6 nitrogen and oxygen atoms in total. The van der Waals surface area contributed by atoms with E-state index < -0.39 is 6.10 Å². The zero-order valence-corrected chi connectivity index (χ0v) is 41.3. The van der Waals surface area contributed by atoms with Crippen LogP contribution in [0.2, 0.25) is 0 Å². The summed E-state index contributed by atoms with van der Waals surface area (Å²) >= 11 is 0. The maximum atomic E-state index is 12.8. The number of rotatable bonds is 47. The molecule has 0 saturated carbocycles. The van der Waals surface area contributed by atoms with E-state index in [0.717, 1.165) is 83.5 Å². The third kappa shape index (κ3) is 49.7. The van der Waals surface area contributed by atoms with Gasteiger partial charge in [-0.1, -0.05) is 229 Å². The smallest absolute Gasteiger partial charge is 0.306 e. The lowest BCUT2D eigenvalue weighted by molar-refractivity contribution is -0.166. The molecule has 362 valence electrons. The fourth-order valence-corrected chi connectivity index (χ4v) is 7.25. The number of ether oxygens (including phenoxy) is 3. The van der Waals surface area contributed by atoms with Crippen molar-refractivity contribution in [1.29, 1.82) is 0 Å². The average Bonchev–Trinajstić information content (AvgIpc) is 3.28. The average molecular weight is 879 g/mol. The number of allylic oxidation sites excluding steroid dienone is 12. The standard InChI is InChI=1S/C57H98O6/c1-4-7-10-13-16-19-22-25-27-29-32-35-38-41-44-47-50-56(59)62-53-54(52-61-55(58)49-46-43-40-37-34-31-24-21-18-15-12-9-6-3)63-57(60)51-48-45-42-39-36-33-30-28-26-23-20-17-14-11-8-5-2/h7,10,16,19,25,27,31-32,34-35,41,44,54H,4-6,8-9,11-15,17-18,20-24,26,28-30,33,36-40,42-43,45-53H2,1-3H3/b10-7-,19-16-,27-25-,34-31-,35-32-,44-41-. The molecular weight excluding hydrogens is 781 g/mol. The molecule has 0 aliphatic heterocycles. The molecule has 0 fully saturated rings. The van der Waals surface area contributed by atoms with Crippen LogP contribution in [-0.2, 0) is 28.6 Å². The van der Waals surface area contributed by atoms with Crippen LogP contribution in [0.5, 0.6) is 0 Å². The summed E-state index contributed by atoms with van der Waals surface area (Å²) in [5.74, 6) is -1.00. The van der Waals surface area contributed by atoms with Gasteiger partial charge in [-0.25, -0.2) is 0 Å². The first-order chi connectivity index (χ1) is 31.0. The Bertz CT molecular complexity index is 1190. The summed E-state index contributed by atoms with van der Waals surface area (Å²) in [5, 5.41) is 0. The Kier molecular flexibility index (Phi) is 48.9. The van der Waals surface area contributed by atoms with E-state index in [1.807, 2.05) is 6.08 Å². The predicted molar refractivity (Wildman–Crippen MR) is 270 cm³/mol. The Morgan fingerprint density at radius 1 is 0.333 bits per heavy atom. The molecule has 6 heteroatoms. The summed E-state index contributed by atoms with van der Waals surface area (Å²) in [6.45, 7) is 6.45. The highest BCUT2D eigenvalue weighted by Crippen LogP contribution is 2.15. The summed E-state index contributed by atoms with van der Waals surface area (Å²) in [6.07, 6.45) is 64.7. The Morgan fingerprint density at radius 2 is 0.651 bits per heavy atom. The van der Waals surface area contributed by atoms with Gasteiger partial charge in [0.1, 0.15) is 13.2 Å². The molecule has 1 unspecified atom stereocenters. The third-order valence-electron chi connectivity index (χ3n) is 11.2. The molecule has 0 aromatic carbocycles. The fraction of sp³-hybridized carbons (Fsp3) is 0.737. The molecule has 0 rings (SSSR count). The lowest BCUT2D eigenvalue weighted by atomic mass is 10.0. The van der Waals surface area contributed by atoms with Gasteiger partial charge in [0.25, 0.3) is 0 Å². The highest BCUT2D eigenvalue weighted by Gasteiger charge is 2.19. The van der Waals surface area contributed by atoms with Crippen LogP contribution in [0, 0.1) is 0 Å². The topological polar surface area (TPSA) is 78.9 Å². The van der Waals surface area contributed by atoms with Crippen molar-refractivity contribution < 1.29 is 28.6 Å². The van der Waals surface area contributed by atoms with Crippen LogP contribution in [0.15, 0.2) is 72.9 Å². The Hall–Kier alpha value is -3.15. The van der Waals surface area contributed by atoms with Crippen LogP contribution in [-0.4, -0.2) is 37.2 Å². The second kappa shape index (κ2) is 51.5. The highest BCUT2D eigenvalue weighted by molar-refractivity contribution is 5.71. The number of carbonyl (C=O) groups is 3. The van der Waals surface area contributed by atoms with Gasteiger partial charge in [-0.3, -0.25) is 14.4 Å². The number of hydrogen-bond acceptors (Lipinski definition) is 6. The van der Waals surface area contributed by atoms with Crippen molar-refractivity contribution in [3.63, 3.8) is 0 Å². The van der Waals surface area contributed by atoms with Crippen LogP contribution in [0.3, 0.4) is 0 Å². The maximum Gasteiger partial charge on any atom is 0.306 e. The zero-order valence-electron chi connectivity index (χ0n) is 41.3. The van der Waals surface area contributed by atoms with Crippen LogP contribution in [0.4, 0.5) is 0 Å². The van der Waals surface area contributed by atoms with Gasteiger partial charge in [0, 0.05) is 19.3 Å². The normalized spacial score (nSPS) is 12.6. The van der Waals surface area contributed by atoms with Gasteiger partial charge in [-0.05, 0) is 77.0 Å². The van der Waals surface area contributed by atoms with Gasteiger partial charge in [0.15, 0.2) is 6.10 Å². The minimum atomic E-state index is -0.808. The Balaban J connectivity index is 4.48. The van der Waals surface area contributed by atoms with Crippen LogP contribution < -0.4 is 0 Å². The summed E-state index contributed by atoms with van der Waals surface area (Å²) in [7, 11) is 0.